The number of nitrogens with zero attached hydrogens (tertiary/aromatic N) is 1. The van der Waals surface area contributed by atoms with Crippen molar-refractivity contribution in [3.05, 3.63) is 65.5 Å². The molecule has 1 saturated carbocycles. The van der Waals surface area contributed by atoms with E-state index in [9.17, 15) is 4.39 Å². The first kappa shape index (κ1) is 14.1. The molecule has 0 spiro atoms. The van der Waals surface area contributed by atoms with Crippen molar-refractivity contribution in [1.82, 2.24) is 5.32 Å². The quantitative estimate of drug-likeness (QED) is 0.870. The van der Waals surface area contributed by atoms with Crippen LogP contribution in [-0.2, 0) is 13.1 Å². The summed E-state index contributed by atoms with van der Waals surface area (Å²) >= 11 is 0. The van der Waals surface area contributed by atoms with E-state index in [1.165, 1.54) is 18.4 Å². The Labute approximate surface area is 125 Å². The standard InChI is InChI=1S/C18H21FN2/c1-21(13-14-5-3-2-4-6-14)18-10-15(9-16(19)11-18)12-20-17-7-8-17/h2-6,9-11,17,20H,7-8,12-13H2,1H3. The molecule has 0 aliphatic heterocycles. The second kappa shape index (κ2) is 6.27. The van der Waals surface area contributed by atoms with Crippen LogP contribution >= 0.6 is 0 Å². The maximum Gasteiger partial charge on any atom is 0.125 e. The minimum absolute atomic E-state index is 0.167. The Kier molecular flexibility index (Phi) is 4.20. The molecular weight excluding hydrogens is 263 g/mol. The zero-order valence-corrected chi connectivity index (χ0v) is 12.3. The van der Waals surface area contributed by atoms with Crippen molar-refractivity contribution in [1.29, 1.82) is 0 Å². The van der Waals surface area contributed by atoms with Crippen LogP contribution in [-0.4, -0.2) is 13.1 Å². The smallest absolute Gasteiger partial charge is 0.125 e. The Bertz CT molecular complexity index is 593. The van der Waals surface area contributed by atoms with Gasteiger partial charge in [0.05, 0.1) is 0 Å². The third kappa shape index (κ3) is 4.05. The highest BCUT2D eigenvalue weighted by Crippen LogP contribution is 2.22. The van der Waals surface area contributed by atoms with Gasteiger partial charge in [0, 0.05) is 31.9 Å². The van der Waals surface area contributed by atoms with Crippen molar-refractivity contribution in [2.75, 3.05) is 11.9 Å². The van der Waals surface area contributed by atoms with Gasteiger partial charge in [-0.1, -0.05) is 30.3 Å². The number of rotatable bonds is 6. The Morgan fingerprint density at radius 3 is 2.57 bits per heavy atom. The molecule has 1 aliphatic rings. The molecule has 0 unspecified atom stereocenters. The highest BCUT2D eigenvalue weighted by atomic mass is 19.1. The molecule has 1 fully saturated rings. The Morgan fingerprint density at radius 1 is 1.10 bits per heavy atom. The van der Waals surface area contributed by atoms with Crippen molar-refractivity contribution in [2.24, 2.45) is 0 Å². The summed E-state index contributed by atoms with van der Waals surface area (Å²) in [6.07, 6.45) is 2.49. The summed E-state index contributed by atoms with van der Waals surface area (Å²) in [5.41, 5.74) is 3.16. The molecule has 3 rings (SSSR count). The molecule has 1 aliphatic carbocycles. The van der Waals surface area contributed by atoms with E-state index in [-0.39, 0.29) is 5.82 Å². The molecular formula is C18H21FN2. The van der Waals surface area contributed by atoms with Gasteiger partial charge in [0.15, 0.2) is 0 Å². The van der Waals surface area contributed by atoms with E-state index in [0.717, 1.165) is 24.3 Å². The van der Waals surface area contributed by atoms with Crippen molar-refractivity contribution in [2.45, 2.75) is 32.0 Å². The molecule has 2 nitrogen and oxygen atoms in total. The van der Waals surface area contributed by atoms with Crippen LogP contribution in [0.4, 0.5) is 10.1 Å². The molecule has 0 heterocycles. The fourth-order valence-electron chi connectivity index (χ4n) is 2.45. The molecule has 0 radical (unpaired) electrons. The lowest BCUT2D eigenvalue weighted by Gasteiger charge is -2.20. The van der Waals surface area contributed by atoms with Crippen LogP contribution < -0.4 is 10.2 Å². The van der Waals surface area contributed by atoms with Gasteiger partial charge in [0.1, 0.15) is 5.82 Å². The number of anilines is 1. The third-order valence-corrected chi connectivity index (χ3v) is 3.82. The first-order valence-corrected chi connectivity index (χ1v) is 7.48. The zero-order chi connectivity index (χ0) is 14.7. The van der Waals surface area contributed by atoms with Crippen LogP contribution in [0.15, 0.2) is 48.5 Å². The summed E-state index contributed by atoms with van der Waals surface area (Å²) in [5, 5.41) is 3.43. The second-order valence-corrected chi connectivity index (χ2v) is 5.81. The van der Waals surface area contributed by atoms with Crippen LogP contribution in [0, 0.1) is 5.82 Å². The molecule has 21 heavy (non-hydrogen) atoms. The van der Waals surface area contributed by atoms with Gasteiger partial charge in [-0.25, -0.2) is 4.39 Å². The van der Waals surface area contributed by atoms with Crippen LogP contribution in [0.3, 0.4) is 0 Å². The predicted molar refractivity (Wildman–Crippen MR) is 84.8 cm³/mol. The minimum Gasteiger partial charge on any atom is -0.370 e. The van der Waals surface area contributed by atoms with E-state index < -0.39 is 0 Å². The maximum absolute atomic E-state index is 13.8. The van der Waals surface area contributed by atoms with E-state index in [1.54, 1.807) is 12.1 Å². The van der Waals surface area contributed by atoms with Crippen molar-refractivity contribution < 1.29 is 4.39 Å². The normalized spacial score (nSPS) is 14.2. The van der Waals surface area contributed by atoms with Crippen molar-refractivity contribution in [3.8, 4) is 0 Å². The van der Waals surface area contributed by atoms with E-state index in [1.807, 2.05) is 25.2 Å². The fourth-order valence-corrected chi connectivity index (χ4v) is 2.45. The first-order chi connectivity index (χ1) is 10.2. The van der Waals surface area contributed by atoms with Crippen LogP contribution in [0.1, 0.15) is 24.0 Å². The monoisotopic (exact) mass is 284 g/mol. The molecule has 2 aromatic carbocycles. The highest BCUT2D eigenvalue weighted by Gasteiger charge is 2.20. The lowest BCUT2D eigenvalue weighted by atomic mass is 10.1. The molecule has 110 valence electrons. The summed E-state index contributed by atoms with van der Waals surface area (Å²) in [6, 6.07) is 16.2. The summed E-state index contributed by atoms with van der Waals surface area (Å²) < 4.78 is 13.8. The maximum atomic E-state index is 13.8. The van der Waals surface area contributed by atoms with E-state index in [0.29, 0.717) is 6.04 Å². The molecule has 3 heteroatoms. The number of halogens is 1. The summed E-state index contributed by atoms with van der Waals surface area (Å²) in [6.45, 7) is 1.52. The van der Waals surface area contributed by atoms with Crippen molar-refractivity contribution in [3.63, 3.8) is 0 Å². The van der Waals surface area contributed by atoms with Gasteiger partial charge in [-0.15, -0.1) is 0 Å². The summed E-state index contributed by atoms with van der Waals surface area (Å²) in [5.74, 6) is -0.167. The molecule has 0 saturated heterocycles. The van der Waals surface area contributed by atoms with E-state index >= 15 is 0 Å². The van der Waals surface area contributed by atoms with Gasteiger partial charge in [-0.3, -0.25) is 0 Å². The van der Waals surface area contributed by atoms with Gasteiger partial charge in [-0.2, -0.15) is 0 Å². The average molecular weight is 284 g/mol. The molecule has 0 atom stereocenters. The van der Waals surface area contributed by atoms with Crippen LogP contribution in [0.25, 0.3) is 0 Å². The van der Waals surface area contributed by atoms with Gasteiger partial charge < -0.3 is 10.2 Å². The summed E-state index contributed by atoms with van der Waals surface area (Å²) in [4.78, 5) is 2.08. The highest BCUT2D eigenvalue weighted by molar-refractivity contribution is 5.49. The zero-order valence-electron chi connectivity index (χ0n) is 12.3. The van der Waals surface area contributed by atoms with Gasteiger partial charge in [0.2, 0.25) is 0 Å². The predicted octanol–water partition coefficient (Wildman–Crippen LogP) is 3.71. The van der Waals surface area contributed by atoms with Crippen LogP contribution in [0.2, 0.25) is 0 Å². The van der Waals surface area contributed by atoms with Crippen LogP contribution in [0.5, 0.6) is 0 Å². The number of nitrogens with one attached hydrogen (secondary N) is 1. The molecule has 0 aromatic heterocycles. The average Bonchev–Trinajstić information content (AvgIpc) is 3.30. The Morgan fingerprint density at radius 2 is 1.86 bits per heavy atom. The van der Waals surface area contributed by atoms with E-state index in [4.69, 9.17) is 0 Å². The topological polar surface area (TPSA) is 15.3 Å². The van der Waals surface area contributed by atoms with Gasteiger partial charge in [0.25, 0.3) is 0 Å². The lowest BCUT2D eigenvalue weighted by Crippen LogP contribution is -2.18. The molecule has 0 amide bonds. The van der Waals surface area contributed by atoms with Gasteiger partial charge >= 0.3 is 0 Å². The fraction of sp³-hybridized carbons (Fsp3) is 0.333. The summed E-state index contributed by atoms with van der Waals surface area (Å²) in [7, 11) is 2.00. The Hall–Kier alpha value is -1.87. The van der Waals surface area contributed by atoms with Crippen molar-refractivity contribution >= 4 is 5.69 Å². The van der Waals surface area contributed by atoms with Gasteiger partial charge in [-0.05, 0) is 42.2 Å². The molecule has 2 aromatic rings. The van der Waals surface area contributed by atoms with E-state index in [2.05, 4.69) is 28.4 Å². The molecule has 1 N–H and O–H groups in total. The largest absolute Gasteiger partial charge is 0.370 e. The number of benzene rings is 2. The minimum atomic E-state index is -0.167. The number of hydrogen-bond acceptors (Lipinski definition) is 2. The third-order valence-electron chi connectivity index (χ3n) is 3.82. The Balaban J connectivity index is 1.70. The second-order valence-electron chi connectivity index (χ2n) is 5.81. The first-order valence-electron chi connectivity index (χ1n) is 7.48. The lowest BCUT2D eigenvalue weighted by molar-refractivity contribution is 0.619. The SMILES string of the molecule is CN(Cc1ccccc1)c1cc(F)cc(CNC2CC2)c1. The number of hydrogen-bond donors (Lipinski definition) is 1. The molecule has 0 bridgehead atoms.